The topological polar surface area (TPSA) is 26.3 Å². The van der Waals surface area contributed by atoms with Gasteiger partial charge in [-0.2, -0.15) is 13.2 Å². The number of hydrogen-bond acceptors (Lipinski definition) is 2. The summed E-state index contributed by atoms with van der Waals surface area (Å²) in [5, 5.41) is 0. The summed E-state index contributed by atoms with van der Waals surface area (Å²) in [7, 11) is 0. The van der Waals surface area contributed by atoms with Crippen molar-refractivity contribution in [1.29, 1.82) is 0 Å². The third kappa shape index (κ3) is 8.52. The number of halogens is 4. The first kappa shape index (κ1) is 26.4. The van der Waals surface area contributed by atoms with E-state index in [-0.39, 0.29) is 12.0 Å². The number of hydrogen-bond donors (Lipinski definition) is 0. The van der Waals surface area contributed by atoms with Gasteiger partial charge in [0.25, 0.3) is 0 Å². The summed E-state index contributed by atoms with van der Waals surface area (Å²) < 4.78 is 59.4. The van der Waals surface area contributed by atoms with E-state index >= 15 is 0 Å². The maximum Gasteiger partial charge on any atom is 0.449 e. The van der Waals surface area contributed by atoms with Crippen molar-refractivity contribution < 1.29 is 27.1 Å². The highest BCUT2D eigenvalue weighted by Gasteiger charge is 2.38. The molecular weight excluding hydrogens is 432 g/mol. The molecule has 0 N–H and O–H groups in total. The number of rotatable bonds is 12. The first-order chi connectivity index (χ1) is 15.7. The van der Waals surface area contributed by atoms with Crippen molar-refractivity contribution in [3.63, 3.8) is 0 Å². The number of carbonyl (C=O) groups is 1. The van der Waals surface area contributed by atoms with Crippen molar-refractivity contribution in [2.45, 2.75) is 64.0 Å². The zero-order valence-corrected chi connectivity index (χ0v) is 18.8. The Labute approximate surface area is 193 Å². The molecule has 0 aromatic heterocycles. The van der Waals surface area contributed by atoms with Crippen molar-refractivity contribution in [1.82, 2.24) is 0 Å². The summed E-state index contributed by atoms with van der Waals surface area (Å²) in [6.07, 6.45) is 3.44. The van der Waals surface area contributed by atoms with Crippen molar-refractivity contribution in [3.8, 4) is 11.1 Å². The summed E-state index contributed by atoms with van der Waals surface area (Å²) in [5.74, 6) is -4.00. The quantitative estimate of drug-likeness (QED) is 0.104. The van der Waals surface area contributed by atoms with Crippen LogP contribution < -0.4 is 0 Å². The number of allylic oxidation sites excluding steroid dienone is 3. The van der Waals surface area contributed by atoms with Crippen LogP contribution in [0.3, 0.4) is 0 Å². The molecule has 2 aromatic carbocycles. The molecule has 6 heteroatoms. The molecule has 1 unspecified atom stereocenters. The van der Waals surface area contributed by atoms with Crippen molar-refractivity contribution >= 4 is 5.97 Å². The van der Waals surface area contributed by atoms with Crippen molar-refractivity contribution in [2.75, 3.05) is 0 Å². The van der Waals surface area contributed by atoms with Crippen LogP contribution in [0.4, 0.5) is 17.6 Å². The van der Waals surface area contributed by atoms with Gasteiger partial charge < -0.3 is 4.74 Å². The van der Waals surface area contributed by atoms with Crippen molar-refractivity contribution in [3.05, 3.63) is 84.4 Å². The fourth-order valence-electron chi connectivity index (χ4n) is 3.40. The molecule has 1 atom stereocenters. The lowest BCUT2D eigenvalue weighted by molar-refractivity contribution is -0.161. The molecule has 0 fully saturated rings. The summed E-state index contributed by atoms with van der Waals surface area (Å²) in [6.45, 7) is 5.05. The van der Waals surface area contributed by atoms with Gasteiger partial charge in [-0.05, 0) is 55.9 Å². The van der Waals surface area contributed by atoms with E-state index in [1.54, 1.807) is 24.3 Å². The van der Waals surface area contributed by atoms with E-state index in [9.17, 15) is 22.4 Å². The van der Waals surface area contributed by atoms with Gasteiger partial charge in [-0.25, -0.2) is 4.39 Å². The van der Waals surface area contributed by atoms with Gasteiger partial charge in [0.1, 0.15) is 5.82 Å². The van der Waals surface area contributed by atoms with Gasteiger partial charge in [-0.15, -0.1) is 6.58 Å². The van der Waals surface area contributed by atoms with Crippen LogP contribution in [-0.4, -0.2) is 12.1 Å². The second-order valence-electron chi connectivity index (χ2n) is 7.95. The predicted octanol–water partition coefficient (Wildman–Crippen LogP) is 8.50. The van der Waals surface area contributed by atoms with Crippen LogP contribution in [-0.2, 0) is 9.53 Å². The molecule has 178 valence electrons. The van der Waals surface area contributed by atoms with E-state index in [1.807, 2.05) is 12.1 Å². The Balaban J connectivity index is 1.99. The molecule has 2 nitrogen and oxygen atoms in total. The molecule has 2 rings (SSSR count). The zero-order chi connectivity index (χ0) is 24.3. The highest BCUT2D eigenvalue weighted by molar-refractivity contribution is 5.79. The minimum atomic E-state index is -4.78. The summed E-state index contributed by atoms with van der Waals surface area (Å²) >= 11 is 0. The second-order valence-corrected chi connectivity index (χ2v) is 7.95. The minimum absolute atomic E-state index is 0.165. The number of benzene rings is 2. The molecular formula is C27H30F4O2. The van der Waals surface area contributed by atoms with Gasteiger partial charge in [-0.3, -0.25) is 4.79 Å². The lowest BCUT2D eigenvalue weighted by atomic mass is 9.97. The molecule has 0 heterocycles. The maximum atomic E-state index is 14.6. The van der Waals surface area contributed by atoms with E-state index in [4.69, 9.17) is 4.74 Å². The number of carbonyl (C=O) groups excluding carboxylic acids is 1. The fourth-order valence-corrected chi connectivity index (χ4v) is 3.40. The van der Waals surface area contributed by atoms with E-state index in [1.165, 1.54) is 19.1 Å². The molecule has 0 amide bonds. The molecule has 0 bridgehead atoms. The van der Waals surface area contributed by atoms with E-state index in [0.29, 0.717) is 17.5 Å². The summed E-state index contributed by atoms with van der Waals surface area (Å²) in [4.78, 5) is 12.4. The zero-order valence-electron chi connectivity index (χ0n) is 18.8. The van der Waals surface area contributed by atoms with Crippen LogP contribution in [0, 0.1) is 5.82 Å². The predicted molar refractivity (Wildman–Crippen MR) is 123 cm³/mol. The van der Waals surface area contributed by atoms with Crippen LogP contribution in [0.15, 0.2) is 73.0 Å². The van der Waals surface area contributed by atoms with Crippen molar-refractivity contribution in [2.24, 2.45) is 0 Å². The molecule has 0 aliphatic heterocycles. The first-order valence-electron chi connectivity index (χ1n) is 11.2. The molecule has 33 heavy (non-hydrogen) atoms. The molecule has 0 aliphatic rings. The third-order valence-electron chi connectivity index (χ3n) is 5.36. The Morgan fingerprint density at radius 3 is 2.24 bits per heavy atom. The van der Waals surface area contributed by atoms with Gasteiger partial charge >= 0.3 is 12.1 Å². The van der Waals surface area contributed by atoms with Gasteiger partial charge in [0, 0.05) is 5.56 Å². The normalized spacial score (nSPS) is 12.9. The number of esters is 1. The first-order valence-corrected chi connectivity index (χ1v) is 11.2. The van der Waals surface area contributed by atoms with Crippen LogP contribution in [0.5, 0.6) is 0 Å². The molecule has 0 spiro atoms. The highest BCUT2D eigenvalue weighted by atomic mass is 19.4. The van der Waals surface area contributed by atoms with Crippen LogP contribution in [0.25, 0.3) is 11.1 Å². The lowest BCUT2D eigenvalue weighted by Gasteiger charge is -2.16. The van der Waals surface area contributed by atoms with Gasteiger partial charge in [0.05, 0.1) is 5.92 Å². The average Bonchev–Trinajstić information content (AvgIpc) is 2.79. The number of alkyl halides is 3. The van der Waals surface area contributed by atoms with E-state index in [2.05, 4.69) is 6.58 Å². The van der Waals surface area contributed by atoms with Crippen LogP contribution in [0.1, 0.15) is 63.4 Å². The molecule has 0 aliphatic carbocycles. The lowest BCUT2D eigenvalue weighted by Crippen LogP contribution is -2.21. The number of unbranched alkanes of at least 4 members (excludes halogenated alkanes) is 6. The Morgan fingerprint density at radius 2 is 1.64 bits per heavy atom. The molecule has 2 aromatic rings. The van der Waals surface area contributed by atoms with E-state index in [0.717, 1.165) is 44.2 Å². The largest absolute Gasteiger partial charge is 0.449 e. The monoisotopic (exact) mass is 462 g/mol. The second kappa shape index (κ2) is 13.0. The Hall–Kier alpha value is -2.89. The van der Waals surface area contributed by atoms with Gasteiger partial charge in [0.15, 0.2) is 0 Å². The van der Waals surface area contributed by atoms with Gasteiger partial charge in [-0.1, -0.05) is 67.8 Å². The SMILES string of the molecule is C=CCCCCCCC/C=C(/OC(=O)C(C)c1ccc(-c2ccccc2)c(F)c1)C(F)(F)F. The Kier molecular flexibility index (Phi) is 10.4. The molecule has 0 radical (unpaired) electrons. The summed E-state index contributed by atoms with van der Waals surface area (Å²) in [6, 6.07) is 13.1. The maximum absolute atomic E-state index is 14.6. The highest BCUT2D eigenvalue weighted by Crippen LogP contribution is 2.31. The van der Waals surface area contributed by atoms with E-state index < -0.39 is 29.6 Å². The molecule has 0 saturated heterocycles. The van der Waals surface area contributed by atoms with Crippen LogP contribution >= 0.6 is 0 Å². The van der Waals surface area contributed by atoms with Crippen LogP contribution in [0.2, 0.25) is 0 Å². The average molecular weight is 463 g/mol. The smallest absolute Gasteiger partial charge is 0.421 e. The summed E-state index contributed by atoms with van der Waals surface area (Å²) in [5.41, 5.74) is 1.26. The molecule has 0 saturated carbocycles. The standard InChI is InChI=1S/C27H30F4O2/c1-3-4-5-6-7-8-9-13-16-25(27(29,30)31)33-26(32)20(2)22-17-18-23(24(28)19-22)21-14-11-10-12-15-21/h3,10-12,14-20H,1,4-9,13H2,2H3/b25-16+. The fraction of sp³-hybridized carbons (Fsp3) is 0.370. The van der Waals surface area contributed by atoms with Gasteiger partial charge in [0.2, 0.25) is 5.76 Å². The Morgan fingerprint density at radius 1 is 1.00 bits per heavy atom. The minimum Gasteiger partial charge on any atom is -0.421 e. The Bertz CT molecular complexity index is 933. The third-order valence-corrected chi connectivity index (χ3v) is 5.36. The number of ether oxygens (including phenoxy) is 1.